The van der Waals surface area contributed by atoms with Crippen molar-refractivity contribution in [3.63, 3.8) is 0 Å². The van der Waals surface area contributed by atoms with E-state index in [0.29, 0.717) is 12.5 Å². The third kappa shape index (κ3) is 4.05. The quantitative estimate of drug-likeness (QED) is 0.769. The lowest BCUT2D eigenvalue weighted by atomic mass is 10.0. The minimum Gasteiger partial charge on any atom is -0.469 e. The number of piperazine rings is 1. The second-order valence-corrected chi connectivity index (χ2v) is 5.40. The van der Waals surface area contributed by atoms with Crippen molar-refractivity contribution in [2.24, 2.45) is 0 Å². The molecular formula is C16H24N2O2. The first-order valence-corrected chi connectivity index (χ1v) is 7.25. The predicted molar refractivity (Wildman–Crippen MR) is 79.5 cm³/mol. The number of hydrogen-bond donors (Lipinski definition) is 0. The van der Waals surface area contributed by atoms with Crippen molar-refractivity contribution in [1.29, 1.82) is 0 Å². The van der Waals surface area contributed by atoms with Gasteiger partial charge in [-0.25, -0.2) is 0 Å². The van der Waals surface area contributed by atoms with Crippen LogP contribution in [0.2, 0.25) is 0 Å². The van der Waals surface area contributed by atoms with Crippen LogP contribution in [-0.4, -0.2) is 56.1 Å². The summed E-state index contributed by atoms with van der Waals surface area (Å²) in [7, 11) is 3.62. The van der Waals surface area contributed by atoms with Gasteiger partial charge in [-0.05, 0) is 25.6 Å². The molecule has 0 aromatic heterocycles. The van der Waals surface area contributed by atoms with E-state index in [0.717, 1.165) is 32.6 Å². The summed E-state index contributed by atoms with van der Waals surface area (Å²) in [4.78, 5) is 16.1. The van der Waals surface area contributed by atoms with E-state index in [1.54, 1.807) is 0 Å². The minimum atomic E-state index is -0.115. The van der Waals surface area contributed by atoms with Gasteiger partial charge in [-0.3, -0.25) is 9.69 Å². The number of hydrogen-bond acceptors (Lipinski definition) is 4. The fraction of sp³-hybridized carbons (Fsp3) is 0.562. The van der Waals surface area contributed by atoms with Gasteiger partial charge in [-0.1, -0.05) is 30.3 Å². The second kappa shape index (κ2) is 7.41. The number of methoxy groups -OCH3 is 1. The van der Waals surface area contributed by atoms with Gasteiger partial charge in [0, 0.05) is 32.1 Å². The topological polar surface area (TPSA) is 32.8 Å². The van der Waals surface area contributed by atoms with Crippen LogP contribution in [0.1, 0.15) is 24.4 Å². The van der Waals surface area contributed by atoms with Gasteiger partial charge in [0.2, 0.25) is 0 Å². The number of nitrogens with zero attached hydrogens (tertiary/aromatic N) is 2. The van der Waals surface area contributed by atoms with E-state index in [-0.39, 0.29) is 5.97 Å². The molecule has 1 aromatic carbocycles. The predicted octanol–water partition coefficient (Wildman–Crippen LogP) is 1.93. The Balaban J connectivity index is 1.96. The molecule has 0 saturated carbocycles. The monoisotopic (exact) mass is 276 g/mol. The Bertz CT molecular complexity index is 422. The molecule has 1 atom stereocenters. The molecule has 1 heterocycles. The van der Waals surface area contributed by atoms with E-state index in [1.807, 2.05) is 0 Å². The summed E-state index contributed by atoms with van der Waals surface area (Å²) in [6.45, 7) is 4.13. The highest BCUT2D eigenvalue weighted by molar-refractivity contribution is 5.69. The molecule has 1 aliphatic heterocycles. The van der Waals surface area contributed by atoms with Crippen LogP contribution in [-0.2, 0) is 9.53 Å². The number of carbonyl (C=O) groups is 1. The second-order valence-electron chi connectivity index (χ2n) is 5.40. The molecule has 1 aromatic rings. The molecule has 110 valence electrons. The van der Waals surface area contributed by atoms with Crippen molar-refractivity contribution >= 4 is 5.97 Å². The van der Waals surface area contributed by atoms with Crippen molar-refractivity contribution in [1.82, 2.24) is 9.80 Å². The molecule has 0 bridgehead atoms. The minimum absolute atomic E-state index is 0.115. The van der Waals surface area contributed by atoms with Gasteiger partial charge in [0.05, 0.1) is 7.11 Å². The first kappa shape index (κ1) is 15.0. The third-order valence-corrected chi connectivity index (χ3v) is 3.93. The van der Waals surface area contributed by atoms with Crippen LogP contribution in [0, 0.1) is 0 Å². The lowest BCUT2D eigenvalue weighted by molar-refractivity contribution is -0.140. The summed E-state index contributed by atoms with van der Waals surface area (Å²) in [6, 6.07) is 11.0. The summed E-state index contributed by atoms with van der Waals surface area (Å²) >= 11 is 0. The molecule has 0 radical (unpaired) electrons. The number of likely N-dealkylation sites (N-methyl/N-ethyl adjacent to an activating group) is 1. The molecular weight excluding hydrogens is 252 g/mol. The summed E-state index contributed by atoms with van der Waals surface area (Å²) in [5, 5.41) is 0. The Hall–Kier alpha value is -1.39. The van der Waals surface area contributed by atoms with Crippen molar-refractivity contribution in [3.8, 4) is 0 Å². The van der Waals surface area contributed by atoms with E-state index in [1.165, 1.54) is 12.7 Å². The molecule has 4 heteroatoms. The van der Waals surface area contributed by atoms with Gasteiger partial charge in [0.15, 0.2) is 0 Å². The Kier molecular flexibility index (Phi) is 5.56. The van der Waals surface area contributed by atoms with Crippen LogP contribution in [0.3, 0.4) is 0 Å². The van der Waals surface area contributed by atoms with Crippen LogP contribution < -0.4 is 0 Å². The Morgan fingerprint density at radius 1 is 1.30 bits per heavy atom. The molecule has 1 unspecified atom stereocenters. The Labute approximate surface area is 121 Å². The fourth-order valence-corrected chi connectivity index (χ4v) is 2.74. The van der Waals surface area contributed by atoms with Gasteiger partial charge in [-0.15, -0.1) is 0 Å². The van der Waals surface area contributed by atoms with Gasteiger partial charge >= 0.3 is 5.97 Å². The standard InChI is InChI=1S/C16H24N2O2/c1-17-11-12-18(10-6-9-16(19)20-2)15(13-17)14-7-4-3-5-8-14/h3-5,7-8,15H,6,9-13H2,1-2H3. The summed E-state index contributed by atoms with van der Waals surface area (Å²) in [6.07, 6.45) is 1.37. The maximum atomic E-state index is 11.2. The summed E-state index contributed by atoms with van der Waals surface area (Å²) in [5.74, 6) is -0.115. The van der Waals surface area contributed by atoms with Crippen LogP contribution >= 0.6 is 0 Å². The van der Waals surface area contributed by atoms with Crippen molar-refractivity contribution < 1.29 is 9.53 Å². The molecule has 2 rings (SSSR count). The molecule has 1 fully saturated rings. The molecule has 0 amide bonds. The fourth-order valence-electron chi connectivity index (χ4n) is 2.74. The lowest BCUT2D eigenvalue weighted by Crippen LogP contribution is -2.47. The zero-order valence-electron chi connectivity index (χ0n) is 12.4. The Morgan fingerprint density at radius 2 is 2.05 bits per heavy atom. The van der Waals surface area contributed by atoms with Crippen molar-refractivity contribution in [3.05, 3.63) is 35.9 Å². The number of esters is 1. The number of rotatable bonds is 5. The van der Waals surface area contributed by atoms with E-state index in [4.69, 9.17) is 4.74 Å². The largest absolute Gasteiger partial charge is 0.469 e. The Morgan fingerprint density at radius 3 is 2.75 bits per heavy atom. The third-order valence-electron chi connectivity index (χ3n) is 3.93. The zero-order valence-corrected chi connectivity index (χ0v) is 12.4. The molecule has 1 aliphatic rings. The SMILES string of the molecule is COC(=O)CCCN1CCN(C)CC1c1ccccc1. The lowest BCUT2D eigenvalue weighted by Gasteiger charge is -2.40. The van der Waals surface area contributed by atoms with Gasteiger partial charge in [0.1, 0.15) is 0 Å². The number of carbonyl (C=O) groups excluding carboxylic acids is 1. The summed E-state index contributed by atoms with van der Waals surface area (Å²) < 4.78 is 4.70. The van der Waals surface area contributed by atoms with Gasteiger partial charge in [0.25, 0.3) is 0 Å². The highest BCUT2D eigenvalue weighted by Gasteiger charge is 2.26. The van der Waals surface area contributed by atoms with Gasteiger partial charge in [-0.2, -0.15) is 0 Å². The van der Waals surface area contributed by atoms with Crippen LogP contribution in [0.5, 0.6) is 0 Å². The summed E-state index contributed by atoms with van der Waals surface area (Å²) in [5.41, 5.74) is 1.36. The first-order chi connectivity index (χ1) is 9.70. The smallest absolute Gasteiger partial charge is 0.305 e. The number of benzene rings is 1. The normalized spacial score (nSPS) is 20.8. The van der Waals surface area contributed by atoms with E-state index in [2.05, 4.69) is 47.2 Å². The van der Waals surface area contributed by atoms with Crippen molar-refractivity contribution in [2.45, 2.75) is 18.9 Å². The van der Waals surface area contributed by atoms with Crippen LogP contribution in [0.4, 0.5) is 0 Å². The molecule has 4 nitrogen and oxygen atoms in total. The average Bonchev–Trinajstić information content (AvgIpc) is 2.49. The molecule has 0 aliphatic carbocycles. The number of ether oxygens (including phenoxy) is 1. The first-order valence-electron chi connectivity index (χ1n) is 7.25. The van der Waals surface area contributed by atoms with E-state index in [9.17, 15) is 4.79 Å². The molecule has 20 heavy (non-hydrogen) atoms. The molecule has 0 spiro atoms. The highest BCUT2D eigenvalue weighted by Crippen LogP contribution is 2.24. The van der Waals surface area contributed by atoms with E-state index < -0.39 is 0 Å². The van der Waals surface area contributed by atoms with Crippen LogP contribution in [0.25, 0.3) is 0 Å². The maximum absolute atomic E-state index is 11.2. The van der Waals surface area contributed by atoms with Crippen molar-refractivity contribution in [2.75, 3.05) is 40.3 Å². The maximum Gasteiger partial charge on any atom is 0.305 e. The average molecular weight is 276 g/mol. The van der Waals surface area contributed by atoms with Crippen LogP contribution in [0.15, 0.2) is 30.3 Å². The molecule has 0 N–H and O–H groups in total. The van der Waals surface area contributed by atoms with E-state index >= 15 is 0 Å². The highest BCUT2D eigenvalue weighted by atomic mass is 16.5. The zero-order chi connectivity index (χ0) is 14.4. The van der Waals surface area contributed by atoms with Gasteiger partial charge < -0.3 is 9.64 Å². The molecule has 1 saturated heterocycles.